The van der Waals surface area contributed by atoms with Crippen molar-refractivity contribution < 1.29 is 23.8 Å². The number of aliphatic carboxylic acids is 1. The molecule has 8 heteroatoms. The molecule has 1 aromatic carbocycles. The van der Waals surface area contributed by atoms with Crippen LogP contribution >= 0.6 is 0 Å². The average Bonchev–Trinajstić information content (AvgIpc) is 2.52. The second-order valence-electron chi connectivity index (χ2n) is 5.02. The lowest BCUT2D eigenvalue weighted by Crippen LogP contribution is -2.40. The van der Waals surface area contributed by atoms with Crippen molar-refractivity contribution >= 4 is 11.9 Å². The molecule has 0 bridgehead atoms. The number of halogens is 1. The molecule has 2 aromatic rings. The minimum absolute atomic E-state index is 0.188. The number of benzene rings is 1. The number of nitrogens with one attached hydrogen (secondary N) is 1. The maximum Gasteiger partial charge on any atom is 0.346 e. The highest BCUT2D eigenvalue weighted by Crippen LogP contribution is 2.13. The van der Waals surface area contributed by atoms with Gasteiger partial charge in [-0.2, -0.15) is 0 Å². The number of carbonyl (C=O) groups is 2. The Kier molecular flexibility index (Phi) is 5.41. The van der Waals surface area contributed by atoms with Gasteiger partial charge in [0.25, 0.3) is 5.91 Å². The number of aryl methyl sites for hydroxylation is 2. The van der Waals surface area contributed by atoms with Crippen LogP contribution in [0.25, 0.3) is 0 Å². The van der Waals surface area contributed by atoms with E-state index < -0.39 is 23.8 Å². The van der Waals surface area contributed by atoms with Crippen LogP contribution in [0.4, 0.5) is 4.39 Å². The van der Waals surface area contributed by atoms with Crippen molar-refractivity contribution in [2.45, 2.75) is 20.0 Å². The molecule has 0 saturated heterocycles. The Morgan fingerprint density at radius 1 is 1.29 bits per heavy atom. The van der Waals surface area contributed by atoms with E-state index in [2.05, 4.69) is 15.3 Å². The maximum absolute atomic E-state index is 12.8. The van der Waals surface area contributed by atoms with Crippen molar-refractivity contribution in [3.8, 4) is 5.75 Å². The van der Waals surface area contributed by atoms with Gasteiger partial charge >= 0.3 is 5.97 Å². The molecule has 7 nitrogen and oxygen atoms in total. The van der Waals surface area contributed by atoms with Crippen molar-refractivity contribution in [1.82, 2.24) is 15.3 Å². The first kappa shape index (κ1) is 17.3. The Hall–Kier alpha value is -3.03. The summed E-state index contributed by atoms with van der Waals surface area (Å²) in [5.41, 5.74) is 0.748. The molecule has 1 unspecified atom stereocenters. The molecule has 1 heterocycles. The highest BCUT2D eigenvalue weighted by molar-refractivity contribution is 5.95. The first-order valence-electron chi connectivity index (χ1n) is 7.10. The zero-order chi connectivity index (χ0) is 17.7. The van der Waals surface area contributed by atoms with Crippen molar-refractivity contribution in [3.05, 3.63) is 53.4 Å². The minimum Gasteiger partial charge on any atom is -0.478 e. The van der Waals surface area contributed by atoms with Gasteiger partial charge in [-0.1, -0.05) is 0 Å². The fraction of sp³-hybridized carbons (Fsp3) is 0.250. The third-order valence-corrected chi connectivity index (χ3v) is 3.16. The number of hydrogen-bond donors (Lipinski definition) is 2. The highest BCUT2D eigenvalue weighted by atomic mass is 19.1. The Bertz CT molecular complexity index is 749. The van der Waals surface area contributed by atoms with Crippen LogP contribution < -0.4 is 10.1 Å². The fourth-order valence-corrected chi connectivity index (χ4v) is 1.94. The molecule has 0 aliphatic carbocycles. The molecule has 24 heavy (non-hydrogen) atoms. The summed E-state index contributed by atoms with van der Waals surface area (Å²) in [5.74, 6) is -1.49. The number of ether oxygens (including phenoxy) is 1. The van der Waals surface area contributed by atoms with Gasteiger partial charge in [0, 0.05) is 6.20 Å². The Morgan fingerprint density at radius 3 is 2.54 bits per heavy atom. The largest absolute Gasteiger partial charge is 0.478 e. The van der Waals surface area contributed by atoms with Crippen molar-refractivity contribution in [2.24, 2.45) is 0 Å². The lowest BCUT2D eigenvalue weighted by Gasteiger charge is -2.16. The van der Waals surface area contributed by atoms with Gasteiger partial charge in [-0.25, -0.2) is 19.2 Å². The number of rotatable bonds is 6. The van der Waals surface area contributed by atoms with Crippen LogP contribution in [0.15, 0.2) is 30.5 Å². The standard InChI is InChI=1S/C16H16FN3O4/c1-9-13(7-18-10(2)20-9)15(21)19-8-14(16(22)23)24-12-5-3-11(17)4-6-12/h3-7,14H,8H2,1-2H3,(H,19,21)(H,22,23). The second-order valence-corrected chi connectivity index (χ2v) is 5.02. The molecule has 0 aliphatic heterocycles. The molecule has 1 aromatic heterocycles. The summed E-state index contributed by atoms with van der Waals surface area (Å²) in [6.07, 6.45) is 0.0648. The predicted molar refractivity (Wildman–Crippen MR) is 82.3 cm³/mol. The number of nitrogens with zero attached hydrogens (tertiary/aromatic N) is 2. The zero-order valence-electron chi connectivity index (χ0n) is 13.1. The van der Waals surface area contributed by atoms with Crippen molar-refractivity contribution in [1.29, 1.82) is 0 Å². The minimum atomic E-state index is -1.31. The SMILES string of the molecule is Cc1ncc(C(=O)NCC(Oc2ccc(F)cc2)C(=O)O)c(C)n1. The molecular weight excluding hydrogens is 317 g/mol. The van der Waals surface area contributed by atoms with E-state index in [1.807, 2.05) is 0 Å². The van der Waals surface area contributed by atoms with E-state index in [1.165, 1.54) is 18.3 Å². The lowest BCUT2D eigenvalue weighted by molar-refractivity contribution is -0.144. The molecule has 2 N–H and O–H groups in total. The zero-order valence-corrected chi connectivity index (χ0v) is 13.1. The third-order valence-electron chi connectivity index (χ3n) is 3.16. The van der Waals surface area contributed by atoms with Gasteiger partial charge in [-0.05, 0) is 38.1 Å². The van der Waals surface area contributed by atoms with E-state index >= 15 is 0 Å². The highest BCUT2D eigenvalue weighted by Gasteiger charge is 2.21. The fourth-order valence-electron chi connectivity index (χ4n) is 1.94. The number of amides is 1. The van der Waals surface area contributed by atoms with E-state index in [9.17, 15) is 19.1 Å². The molecule has 2 rings (SSSR count). The number of carboxylic acids is 1. The first-order chi connectivity index (χ1) is 11.4. The molecule has 1 atom stereocenters. The van der Waals surface area contributed by atoms with E-state index in [0.717, 1.165) is 12.1 Å². The van der Waals surface area contributed by atoms with Crippen molar-refractivity contribution in [3.63, 3.8) is 0 Å². The smallest absolute Gasteiger partial charge is 0.346 e. The van der Waals surface area contributed by atoms with Crippen LogP contribution in [0.1, 0.15) is 21.9 Å². The topological polar surface area (TPSA) is 101 Å². The summed E-state index contributed by atoms with van der Waals surface area (Å²) >= 11 is 0. The van der Waals surface area contributed by atoms with E-state index in [-0.39, 0.29) is 17.9 Å². The molecule has 0 radical (unpaired) electrons. The molecule has 0 aliphatic rings. The van der Waals surface area contributed by atoms with Gasteiger partial charge in [-0.15, -0.1) is 0 Å². The maximum atomic E-state index is 12.8. The first-order valence-corrected chi connectivity index (χ1v) is 7.10. The van der Waals surface area contributed by atoms with Gasteiger partial charge in [-0.3, -0.25) is 4.79 Å². The summed E-state index contributed by atoms with van der Waals surface area (Å²) in [5, 5.41) is 11.7. The van der Waals surface area contributed by atoms with Crippen LogP contribution in [0, 0.1) is 19.7 Å². The number of aromatic nitrogens is 2. The second kappa shape index (κ2) is 7.49. The molecule has 1 amide bonds. The van der Waals surface area contributed by atoms with Gasteiger partial charge in [0.05, 0.1) is 17.8 Å². The van der Waals surface area contributed by atoms with Gasteiger partial charge < -0.3 is 15.2 Å². The molecule has 0 saturated carbocycles. The van der Waals surface area contributed by atoms with E-state index in [0.29, 0.717) is 11.5 Å². The summed E-state index contributed by atoms with van der Waals surface area (Å²) < 4.78 is 18.1. The molecule has 126 valence electrons. The Labute approximate surface area is 137 Å². The Balaban J connectivity index is 2.01. The van der Waals surface area contributed by atoms with Gasteiger partial charge in [0.15, 0.2) is 0 Å². The number of carbonyl (C=O) groups excluding carboxylic acids is 1. The van der Waals surface area contributed by atoms with Crippen LogP contribution in [0.5, 0.6) is 5.75 Å². The molecular formula is C16H16FN3O4. The number of carboxylic acid groups (broad SMARTS) is 1. The van der Waals surface area contributed by atoms with Crippen molar-refractivity contribution in [2.75, 3.05) is 6.54 Å². The summed E-state index contributed by atoms with van der Waals surface area (Å²) in [4.78, 5) is 31.4. The van der Waals surface area contributed by atoms with Gasteiger partial charge in [0.1, 0.15) is 17.4 Å². The van der Waals surface area contributed by atoms with Crippen LogP contribution in [0.2, 0.25) is 0 Å². The molecule has 0 spiro atoms. The van der Waals surface area contributed by atoms with Crippen LogP contribution in [0.3, 0.4) is 0 Å². The molecule has 0 fully saturated rings. The van der Waals surface area contributed by atoms with Crippen LogP contribution in [-0.2, 0) is 4.79 Å². The van der Waals surface area contributed by atoms with E-state index in [1.54, 1.807) is 13.8 Å². The summed E-state index contributed by atoms with van der Waals surface area (Å²) in [6, 6.07) is 4.93. The van der Waals surface area contributed by atoms with Crippen LogP contribution in [-0.4, -0.2) is 39.6 Å². The predicted octanol–water partition coefficient (Wildman–Crippen LogP) is 1.49. The quantitative estimate of drug-likeness (QED) is 0.830. The average molecular weight is 333 g/mol. The normalized spacial score (nSPS) is 11.6. The van der Waals surface area contributed by atoms with E-state index in [4.69, 9.17) is 4.74 Å². The monoisotopic (exact) mass is 333 g/mol. The summed E-state index contributed by atoms with van der Waals surface area (Å²) in [6.45, 7) is 3.10. The third kappa shape index (κ3) is 4.48. The lowest BCUT2D eigenvalue weighted by atomic mass is 10.2. The Morgan fingerprint density at radius 2 is 1.96 bits per heavy atom. The number of hydrogen-bond acceptors (Lipinski definition) is 5. The van der Waals surface area contributed by atoms with Gasteiger partial charge in [0.2, 0.25) is 6.10 Å². The summed E-state index contributed by atoms with van der Waals surface area (Å²) in [7, 11) is 0.